The second-order valence-corrected chi connectivity index (χ2v) is 13.9. The monoisotopic (exact) mass is 830 g/mol. The second kappa shape index (κ2) is 29.6. The summed E-state index contributed by atoms with van der Waals surface area (Å²) >= 11 is 0. The number of nitrogens with one attached hydrogen (secondary N) is 6. The van der Waals surface area contributed by atoms with Crippen LogP contribution < -0.4 is 31.9 Å². The van der Waals surface area contributed by atoms with Crippen LogP contribution in [0.4, 0.5) is 0 Å². The third-order valence-corrected chi connectivity index (χ3v) is 9.22. The molecule has 1 aliphatic heterocycles. The van der Waals surface area contributed by atoms with Crippen LogP contribution in [0.15, 0.2) is 30.3 Å². The largest absolute Gasteiger partial charge is 0.460 e. The maximum Gasteiger partial charge on any atom is 0.325 e. The molecular formula is C40H62N8O11. The number of likely N-dealkylation sites (N-methyl/N-ethyl adjacent to an activating group) is 1. The van der Waals surface area contributed by atoms with Gasteiger partial charge in [-0.25, -0.2) is 0 Å². The Labute approximate surface area is 345 Å². The third-order valence-electron chi connectivity index (χ3n) is 9.22. The summed E-state index contributed by atoms with van der Waals surface area (Å²) in [5.41, 5.74) is 0.787. The van der Waals surface area contributed by atoms with E-state index in [0.717, 1.165) is 24.8 Å². The van der Waals surface area contributed by atoms with Crippen molar-refractivity contribution in [3.63, 3.8) is 0 Å². The lowest BCUT2D eigenvalue weighted by atomic mass is 10.1. The maximum atomic E-state index is 12.8. The second-order valence-electron chi connectivity index (χ2n) is 13.9. The molecule has 8 amide bonds. The normalized spacial score (nSPS) is 13.1. The van der Waals surface area contributed by atoms with Crippen LogP contribution in [-0.4, -0.2) is 141 Å². The SMILES string of the molecule is CCCCCCCCCCN(CC)C(=O)COCC(=O)NCC(=O)NCC(=O)NCC(=O)N1CCC[C@H]1C(=O)NCC(=O)NCC(=O)NCC(=O)OCc1ccccc1. The average molecular weight is 831 g/mol. The van der Waals surface area contributed by atoms with Gasteiger partial charge in [0.25, 0.3) is 0 Å². The van der Waals surface area contributed by atoms with Crippen molar-refractivity contribution in [1.82, 2.24) is 41.7 Å². The average Bonchev–Trinajstić information content (AvgIpc) is 3.74. The van der Waals surface area contributed by atoms with Crippen molar-refractivity contribution in [3.05, 3.63) is 35.9 Å². The molecule has 1 fully saturated rings. The number of unbranched alkanes of at least 4 members (excludes halogenated alkanes) is 7. The minimum atomic E-state index is -0.881. The molecule has 19 heteroatoms. The van der Waals surface area contributed by atoms with Crippen LogP contribution in [0.5, 0.6) is 0 Å². The van der Waals surface area contributed by atoms with Gasteiger partial charge in [-0.1, -0.05) is 82.2 Å². The molecule has 1 aromatic rings. The highest BCUT2D eigenvalue weighted by Crippen LogP contribution is 2.17. The first-order valence-electron chi connectivity index (χ1n) is 20.4. The van der Waals surface area contributed by atoms with E-state index < -0.39 is 99.2 Å². The van der Waals surface area contributed by atoms with Gasteiger partial charge in [0.05, 0.1) is 32.7 Å². The van der Waals surface area contributed by atoms with Gasteiger partial charge in [0.15, 0.2) is 0 Å². The summed E-state index contributed by atoms with van der Waals surface area (Å²) in [7, 11) is 0. The summed E-state index contributed by atoms with van der Waals surface area (Å²) in [4.78, 5) is 114. The molecule has 19 nitrogen and oxygen atoms in total. The summed E-state index contributed by atoms with van der Waals surface area (Å²) in [6, 6.07) is 8.11. The Hall–Kier alpha value is -5.59. The van der Waals surface area contributed by atoms with E-state index in [4.69, 9.17) is 9.47 Å². The molecule has 0 unspecified atom stereocenters. The van der Waals surface area contributed by atoms with E-state index in [-0.39, 0.29) is 25.7 Å². The number of likely N-dealkylation sites (tertiary alicyclic amines) is 1. The Balaban J connectivity index is 1.55. The fourth-order valence-electron chi connectivity index (χ4n) is 5.91. The van der Waals surface area contributed by atoms with Gasteiger partial charge in [-0.05, 0) is 31.7 Å². The first-order chi connectivity index (χ1) is 28.4. The van der Waals surface area contributed by atoms with Gasteiger partial charge >= 0.3 is 5.97 Å². The molecule has 1 aliphatic rings. The summed E-state index contributed by atoms with van der Waals surface area (Å²) in [5.74, 6) is -5.29. The molecule has 0 spiro atoms. The molecule has 59 heavy (non-hydrogen) atoms. The molecule has 1 saturated heterocycles. The van der Waals surface area contributed by atoms with Crippen molar-refractivity contribution in [2.24, 2.45) is 0 Å². The van der Waals surface area contributed by atoms with Crippen LogP contribution in [0.3, 0.4) is 0 Å². The van der Waals surface area contributed by atoms with Gasteiger partial charge in [-0.15, -0.1) is 0 Å². The minimum Gasteiger partial charge on any atom is -0.460 e. The number of hydrogen-bond donors (Lipinski definition) is 6. The van der Waals surface area contributed by atoms with Crippen LogP contribution >= 0.6 is 0 Å². The van der Waals surface area contributed by atoms with Crippen molar-refractivity contribution in [2.45, 2.75) is 90.7 Å². The number of hydrogen-bond acceptors (Lipinski definition) is 11. The van der Waals surface area contributed by atoms with E-state index >= 15 is 0 Å². The summed E-state index contributed by atoms with van der Waals surface area (Å²) < 4.78 is 10.3. The highest BCUT2D eigenvalue weighted by atomic mass is 16.5. The summed E-state index contributed by atoms with van der Waals surface area (Å²) in [5, 5.41) is 14.1. The molecule has 1 heterocycles. The predicted octanol–water partition coefficient (Wildman–Crippen LogP) is -0.576. The molecule has 6 N–H and O–H groups in total. The predicted molar refractivity (Wildman–Crippen MR) is 215 cm³/mol. The highest BCUT2D eigenvalue weighted by Gasteiger charge is 2.34. The van der Waals surface area contributed by atoms with Crippen LogP contribution in [0.1, 0.15) is 83.6 Å². The van der Waals surface area contributed by atoms with Crippen molar-refractivity contribution in [3.8, 4) is 0 Å². The first-order valence-corrected chi connectivity index (χ1v) is 20.4. The van der Waals surface area contributed by atoms with Gasteiger partial charge in [-0.3, -0.25) is 43.2 Å². The number of nitrogens with zero attached hydrogens (tertiary/aromatic N) is 2. The highest BCUT2D eigenvalue weighted by molar-refractivity contribution is 5.94. The topological polar surface area (TPSA) is 251 Å². The Morgan fingerprint density at radius 1 is 0.644 bits per heavy atom. The van der Waals surface area contributed by atoms with Crippen LogP contribution in [0.2, 0.25) is 0 Å². The van der Waals surface area contributed by atoms with E-state index in [1.54, 1.807) is 29.2 Å². The molecule has 328 valence electrons. The quantitative estimate of drug-likeness (QED) is 0.0441. The number of benzene rings is 1. The first kappa shape index (κ1) is 49.6. The molecule has 0 saturated carbocycles. The molecular weight excluding hydrogens is 768 g/mol. The smallest absolute Gasteiger partial charge is 0.325 e. The van der Waals surface area contributed by atoms with Crippen molar-refractivity contribution in [1.29, 1.82) is 0 Å². The van der Waals surface area contributed by atoms with Gasteiger partial charge in [-0.2, -0.15) is 0 Å². The Morgan fingerprint density at radius 2 is 1.19 bits per heavy atom. The molecule has 0 radical (unpaired) electrons. The van der Waals surface area contributed by atoms with Crippen molar-refractivity contribution < 1.29 is 52.6 Å². The number of ether oxygens (including phenoxy) is 2. The van der Waals surface area contributed by atoms with E-state index in [9.17, 15) is 43.2 Å². The fraction of sp³-hybridized carbons (Fsp3) is 0.625. The standard InChI is InChI=1S/C40H62N8O11/c1-3-5-6-7-8-9-10-14-19-47(4-2)38(55)29-58-28-36(53)43-23-32(49)41-21-33(50)44-25-37(54)48-20-15-18-31(48)40(57)46-24-35(52)42-22-34(51)45-26-39(56)59-27-30-16-12-11-13-17-30/h11-13,16-17,31H,3-10,14-15,18-29H2,1-2H3,(H,41,49)(H,42,52)(H,43,53)(H,44,50)(H,45,51)(H,46,57)/t31-/m0/s1. The zero-order valence-electron chi connectivity index (χ0n) is 34.4. The third kappa shape index (κ3) is 22.2. The number of esters is 1. The van der Waals surface area contributed by atoms with E-state index in [2.05, 4.69) is 38.8 Å². The van der Waals surface area contributed by atoms with E-state index in [1.165, 1.54) is 37.0 Å². The minimum absolute atomic E-state index is 0.0516. The molecule has 0 bridgehead atoms. The molecule has 1 atom stereocenters. The number of rotatable bonds is 29. The molecule has 0 aliphatic carbocycles. The summed E-state index contributed by atoms with van der Waals surface area (Å²) in [6.45, 7) is 2.19. The maximum absolute atomic E-state index is 12.8. The zero-order valence-corrected chi connectivity index (χ0v) is 34.4. The number of amides is 8. The zero-order chi connectivity index (χ0) is 43.3. The fourth-order valence-corrected chi connectivity index (χ4v) is 5.91. The van der Waals surface area contributed by atoms with Crippen LogP contribution in [0, 0.1) is 0 Å². The van der Waals surface area contributed by atoms with Gasteiger partial charge in [0.1, 0.15) is 32.4 Å². The van der Waals surface area contributed by atoms with Crippen molar-refractivity contribution >= 4 is 53.2 Å². The van der Waals surface area contributed by atoms with Gasteiger partial charge in [0, 0.05) is 19.6 Å². The van der Waals surface area contributed by atoms with Crippen LogP contribution in [-0.2, 0) is 59.2 Å². The lowest BCUT2D eigenvalue weighted by Crippen LogP contribution is -2.51. The molecule has 0 aromatic heterocycles. The Kier molecular flexibility index (Phi) is 24.9. The Morgan fingerprint density at radius 3 is 1.80 bits per heavy atom. The number of carbonyl (C=O) groups excluding carboxylic acids is 9. The molecule has 2 rings (SSSR count). The number of carbonyl (C=O) groups is 9. The lowest BCUT2D eigenvalue weighted by molar-refractivity contribution is -0.145. The Bertz CT molecular complexity index is 1530. The van der Waals surface area contributed by atoms with Gasteiger partial charge < -0.3 is 51.2 Å². The van der Waals surface area contributed by atoms with E-state index in [1.807, 2.05) is 13.0 Å². The van der Waals surface area contributed by atoms with Crippen LogP contribution in [0.25, 0.3) is 0 Å². The van der Waals surface area contributed by atoms with Gasteiger partial charge in [0.2, 0.25) is 47.3 Å². The van der Waals surface area contributed by atoms with E-state index in [0.29, 0.717) is 25.9 Å². The molecule has 1 aromatic carbocycles. The lowest BCUT2D eigenvalue weighted by Gasteiger charge is -2.24. The van der Waals surface area contributed by atoms with Crippen molar-refractivity contribution in [2.75, 3.05) is 72.1 Å². The summed E-state index contributed by atoms with van der Waals surface area (Å²) in [6.07, 6.45) is 10.1.